The van der Waals surface area contributed by atoms with E-state index in [2.05, 4.69) is 15.1 Å². The van der Waals surface area contributed by atoms with Crippen molar-refractivity contribution in [1.29, 1.82) is 0 Å². The molecule has 0 radical (unpaired) electrons. The molecule has 1 aromatic heterocycles. The van der Waals surface area contributed by atoms with Crippen molar-refractivity contribution in [2.45, 2.75) is 13.0 Å². The molecule has 0 saturated carbocycles. The van der Waals surface area contributed by atoms with Crippen LogP contribution in [0.15, 0.2) is 6.20 Å². The highest BCUT2D eigenvalue weighted by Crippen LogP contribution is 2.22. The van der Waals surface area contributed by atoms with Gasteiger partial charge in [0, 0.05) is 19.6 Å². The van der Waals surface area contributed by atoms with Crippen molar-refractivity contribution < 1.29 is 9.84 Å². The third-order valence-electron chi connectivity index (χ3n) is 2.76. The number of hydrogen-bond donors (Lipinski definition) is 2. The molecular weight excluding hydrogens is 194 g/mol. The molecule has 0 amide bonds. The third kappa shape index (κ3) is 2.37. The molecule has 5 nitrogen and oxygen atoms in total. The van der Waals surface area contributed by atoms with Crippen LogP contribution in [0.5, 0.6) is 0 Å². The minimum Gasteiger partial charge on any atom is -0.395 e. The number of rotatable bonds is 3. The Morgan fingerprint density at radius 3 is 3.27 bits per heavy atom. The van der Waals surface area contributed by atoms with Crippen LogP contribution >= 0.6 is 0 Å². The number of hydrogen-bond acceptors (Lipinski definition) is 4. The lowest BCUT2D eigenvalue weighted by atomic mass is 10.1. The van der Waals surface area contributed by atoms with Crippen molar-refractivity contribution in [2.24, 2.45) is 0 Å². The molecule has 0 aliphatic carbocycles. The predicted molar refractivity (Wildman–Crippen MR) is 55.5 cm³/mol. The van der Waals surface area contributed by atoms with Gasteiger partial charge in [-0.1, -0.05) is 0 Å². The van der Waals surface area contributed by atoms with Crippen LogP contribution in [0.1, 0.15) is 17.4 Å². The van der Waals surface area contributed by atoms with Crippen molar-refractivity contribution in [3.05, 3.63) is 17.5 Å². The maximum Gasteiger partial charge on any atom is 0.112 e. The van der Waals surface area contributed by atoms with Gasteiger partial charge in [0.25, 0.3) is 0 Å². The zero-order chi connectivity index (χ0) is 10.7. The summed E-state index contributed by atoms with van der Waals surface area (Å²) < 4.78 is 5.69. The first-order valence-electron chi connectivity index (χ1n) is 5.26. The fourth-order valence-corrected chi connectivity index (χ4v) is 1.90. The summed E-state index contributed by atoms with van der Waals surface area (Å²) in [7, 11) is 0. The standard InChI is InChI=1S/C10H17N3O2/c1-8-6-11-12-10(8)9-7-13(2-4-14)3-5-15-9/h6,9,14H,2-5,7H2,1H3,(H,11,12). The Hall–Kier alpha value is -0.910. The fraction of sp³-hybridized carbons (Fsp3) is 0.700. The summed E-state index contributed by atoms with van der Waals surface area (Å²) in [6.07, 6.45) is 1.87. The van der Waals surface area contributed by atoms with Crippen molar-refractivity contribution in [2.75, 3.05) is 32.8 Å². The Balaban J connectivity index is 2.01. The van der Waals surface area contributed by atoms with Gasteiger partial charge in [-0.25, -0.2) is 0 Å². The monoisotopic (exact) mass is 211 g/mol. The summed E-state index contributed by atoms with van der Waals surface area (Å²) in [6.45, 7) is 5.37. The molecule has 1 atom stereocenters. The maximum absolute atomic E-state index is 8.89. The van der Waals surface area contributed by atoms with Gasteiger partial charge < -0.3 is 9.84 Å². The van der Waals surface area contributed by atoms with Crippen molar-refractivity contribution in [1.82, 2.24) is 15.1 Å². The Morgan fingerprint density at radius 2 is 2.60 bits per heavy atom. The molecule has 2 heterocycles. The topological polar surface area (TPSA) is 61.4 Å². The fourth-order valence-electron chi connectivity index (χ4n) is 1.90. The molecule has 1 aliphatic rings. The summed E-state index contributed by atoms with van der Waals surface area (Å²) in [5, 5.41) is 15.9. The number of nitrogens with zero attached hydrogens (tertiary/aromatic N) is 2. The molecule has 15 heavy (non-hydrogen) atoms. The second-order valence-electron chi connectivity index (χ2n) is 3.85. The second kappa shape index (κ2) is 4.74. The van der Waals surface area contributed by atoms with Gasteiger partial charge in [-0.05, 0) is 12.5 Å². The van der Waals surface area contributed by atoms with E-state index >= 15 is 0 Å². The van der Waals surface area contributed by atoms with E-state index in [1.807, 2.05) is 13.1 Å². The normalized spacial score (nSPS) is 23.2. The number of aryl methyl sites for hydroxylation is 1. The number of H-pyrrole nitrogens is 1. The number of aromatic amines is 1. The number of aliphatic hydroxyl groups is 1. The summed E-state index contributed by atoms with van der Waals surface area (Å²) >= 11 is 0. The lowest BCUT2D eigenvalue weighted by Crippen LogP contribution is -2.40. The number of morpholine rings is 1. The largest absolute Gasteiger partial charge is 0.395 e. The van der Waals surface area contributed by atoms with Crippen LogP contribution in [0.25, 0.3) is 0 Å². The number of nitrogens with one attached hydrogen (secondary N) is 1. The number of aliphatic hydroxyl groups excluding tert-OH is 1. The summed E-state index contributed by atoms with van der Waals surface area (Å²) in [5.74, 6) is 0. The van der Waals surface area contributed by atoms with Gasteiger partial charge in [-0.3, -0.25) is 10.00 Å². The molecule has 1 aliphatic heterocycles. The lowest BCUT2D eigenvalue weighted by molar-refractivity contribution is -0.0360. The molecule has 0 bridgehead atoms. The first-order chi connectivity index (χ1) is 7.31. The van der Waals surface area contributed by atoms with Gasteiger partial charge in [0.15, 0.2) is 0 Å². The van der Waals surface area contributed by atoms with E-state index in [9.17, 15) is 0 Å². The Kier molecular flexibility index (Phi) is 3.35. The molecule has 2 N–H and O–H groups in total. The summed E-state index contributed by atoms with van der Waals surface area (Å²) in [4.78, 5) is 2.20. The van der Waals surface area contributed by atoms with Crippen molar-refractivity contribution in [3.8, 4) is 0 Å². The number of aromatic nitrogens is 2. The van der Waals surface area contributed by atoms with Gasteiger partial charge in [0.1, 0.15) is 6.10 Å². The third-order valence-corrected chi connectivity index (χ3v) is 2.76. The van der Waals surface area contributed by atoms with Crippen LogP contribution in [-0.2, 0) is 4.74 Å². The SMILES string of the molecule is Cc1cn[nH]c1C1CN(CCO)CCO1. The van der Waals surface area contributed by atoms with Crippen molar-refractivity contribution >= 4 is 0 Å². The average molecular weight is 211 g/mol. The lowest BCUT2D eigenvalue weighted by Gasteiger charge is -2.32. The maximum atomic E-state index is 8.89. The molecule has 1 unspecified atom stereocenters. The van der Waals surface area contributed by atoms with Crippen LogP contribution in [0.4, 0.5) is 0 Å². The average Bonchev–Trinajstić information content (AvgIpc) is 2.65. The quantitative estimate of drug-likeness (QED) is 0.743. The molecule has 2 rings (SSSR count). The van der Waals surface area contributed by atoms with E-state index in [0.717, 1.165) is 24.3 Å². The Labute approximate surface area is 89.0 Å². The predicted octanol–water partition coefficient (Wildman–Crippen LogP) is 0.0837. The molecular formula is C10H17N3O2. The Bertz CT molecular complexity index is 311. The zero-order valence-electron chi connectivity index (χ0n) is 8.94. The summed E-state index contributed by atoms with van der Waals surface area (Å²) in [6, 6.07) is 0. The van der Waals surface area contributed by atoms with Crippen molar-refractivity contribution in [3.63, 3.8) is 0 Å². The van der Waals surface area contributed by atoms with E-state index in [0.29, 0.717) is 13.2 Å². The van der Waals surface area contributed by atoms with Gasteiger partial charge in [0.05, 0.1) is 25.1 Å². The molecule has 1 aromatic rings. The first-order valence-corrected chi connectivity index (χ1v) is 5.26. The first kappa shape index (κ1) is 10.6. The van der Waals surface area contributed by atoms with Gasteiger partial charge in [-0.2, -0.15) is 5.10 Å². The molecule has 5 heteroatoms. The molecule has 1 fully saturated rings. The number of ether oxygens (including phenoxy) is 1. The van der Waals surface area contributed by atoms with E-state index in [4.69, 9.17) is 9.84 Å². The smallest absolute Gasteiger partial charge is 0.112 e. The highest BCUT2D eigenvalue weighted by molar-refractivity contribution is 5.17. The van der Waals surface area contributed by atoms with E-state index < -0.39 is 0 Å². The van der Waals surface area contributed by atoms with E-state index in [1.54, 1.807) is 0 Å². The van der Waals surface area contributed by atoms with Crippen LogP contribution in [0.2, 0.25) is 0 Å². The van der Waals surface area contributed by atoms with Crippen LogP contribution in [-0.4, -0.2) is 53.1 Å². The van der Waals surface area contributed by atoms with E-state index in [1.165, 1.54) is 0 Å². The van der Waals surface area contributed by atoms with Crippen LogP contribution in [0.3, 0.4) is 0 Å². The van der Waals surface area contributed by atoms with Gasteiger partial charge in [0.2, 0.25) is 0 Å². The highest BCUT2D eigenvalue weighted by atomic mass is 16.5. The van der Waals surface area contributed by atoms with Crippen LogP contribution in [0, 0.1) is 6.92 Å². The zero-order valence-corrected chi connectivity index (χ0v) is 8.94. The molecule has 84 valence electrons. The summed E-state index contributed by atoms with van der Waals surface area (Å²) in [5.41, 5.74) is 2.18. The molecule has 0 spiro atoms. The minimum atomic E-state index is 0.0628. The van der Waals surface area contributed by atoms with Gasteiger partial charge >= 0.3 is 0 Å². The number of β-amino-alcohol motifs (C(OH)–C–C–N with tert-alkyl or cyclic N) is 1. The van der Waals surface area contributed by atoms with Gasteiger partial charge in [-0.15, -0.1) is 0 Å². The second-order valence-corrected chi connectivity index (χ2v) is 3.85. The molecule has 0 aromatic carbocycles. The van der Waals surface area contributed by atoms with Crippen LogP contribution < -0.4 is 0 Å². The highest BCUT2D eigenvalue weighted by Gasteiger charge is 2.23. The molecule has 1 saturated heterocycles. The Morgan fingerprint density at radius 1 is 1.73 bits per heavy atom. The van der Waals surface area contributed by atoms with E-state index in [-0.39, 0.29) is 12.7 Å². The minimum absolute atomic E-state index is 0.0628.